The third kappa shape index (κ3) is 3.89. The average Bonchev–Trinajstić information content (AvgIpc) is 2.30. The number of ether oxygens (including phenoxy) is 1. The quantitative estimate of drug-likeness (QED) is 0.465. The molecule has 1 aliphatic heterocycles. The highest BCUT2D eigenvalue weighted by atomic mass is 32.1. The van der Waals surface area contributed by atoms with Crippen LogP contribution in [-0.4, -0.2) is 28.1 Å². The Bertz CT molecular complexity index is 344. The molecule has 1 aliphatic rings. The maximum atomic E-state index is 11.5. The van der Waals surface area contributed by atoms with Crippen molar-refractivity contribution in [3.8, 4) is 0 Å². The largest absolute Gasteiger partial charge is 0.444 e. The molecular formula is C11H18N2O2S2. The molecule has 0 saturated carbocycles. The van der Waals surface area contributed by atoms with Crippen molar-refractivity contribution < 1.29 is 9.53 Å². The van der Waals surface area contributed by atoms with Crippen LogP contribution in [0.4, 0.5) is 0 Å². The summed E-state index contributed by atoms with van der Waals surface area (Å²) in [6.45, 7) is 5.90. The lowest BCUT2D eigenvalue weighted by Gasteiger charge is -2.32. The number of nitrogens with one attached hydrogen (secondary N) is 1. The molecule has 1 rings (SSSR count). The summed E-state index contributed by atoms with van der Waals surface area (Å²) in [5.41, 5.74) is 0.681. The highest BCUT2D eigenvalue weighted by molar-refractivity contribution is 7.82. The molecule has 6 heteroatoms. The molecule has 0 aromatic carbocycles. The van der Waals surface area contributed by atoms with Gasteiger partial charge in [0.15, 0.2) is 6.73 Å². The molecule has 17 heavy (non-hydrogen) atoms. The smallest absolute Gasteiger partial charge is 0.310 e. The van der Waals surface area contributed by atoms with Crippen molar-refractivity contribution in [3.05, 3.63) is 11.8 Å². The maximum Gasteiger partial charge on any atom is 0.310 e. The van der Waals surface area contributed by atoms with Gasteiger partial charge < -0.3 is 15.0 Å². The fourth-order valence-corrected chi connectivity index (χ4v) is 1.76. The monoisotopic (exact) mass is 274 g/mol. The summed E-state index contributed by atoms with van der Waals surface area (Å²) in [6, 6.07) is 0. The normalized spacial score (nSPS) is 21.6. The van der Waals surface area contributed by atoms with E-state index in [0.717, 1.165) is 12.0 Å². The van der Waals surface area contributed by atoms with E-state index in [1.807, 2.05) is 27.0 Å². The second kappa shape index (κ2) is 6.26. The minimum atomic E-state index is -0.254. The first-order valence-electron chi connectivity index (χ1n) is 5.55. The number of carbonyl (C=O) groups is 1. The topological polar surface area (TPSA) is 41.6 Å². The van der Waals surface area contributed by atoms with Gasteiger partial charge in [-0.1, -0.05) is 26.1 Å². The molecule has 2 unspecified atom stereocenters. The van der Waals surface area contributed by atoms with Crippen LogP contribution in [0.2, 0.25) is 0 Å². The van der Waals surface area contributed by atoms with E-state index < -0.39 is 0 Å². The van der Waals surface area contributed by atoms with Gasteiger partial charge in [0.1, 0.15) is 10.5 Å². The Morgan fingerprint density at radius 2 is 2.41 bits per heavy atom. The van der Waals surface area contributed by atoms with Crippen molar-refractivity contribution in [2.75, 3.05) is 6.73 Å². The van der Waals surface area contributed by atoms with E-state index in [0.29, 0.717) is 4.99 Å². The van der Waals surface area contributed by atoms with Gasteiger partial charge in [-0.2, -0.15) is 0 Å². The first kappa shape index (κ1) is 14.3. The lowest BCUT2D eigenvalue weighted by molar-refractivity contribution is -0.152. The van der Waals surface area contributed by atoms with Crippen molar-refractivity contribution >= 4 is 35.8 Å². The third-order valence-corrected chi connectivity index (χ3v) is 3.53. The van der Waals surface area contributed by atoms with Gasteiger partial charge in [0.05, 0.1) is 5.92 Å². The zero-order valence-corrected chi connectivity index (χ0v) is 12.0. The molecular weight excluding hydrogens is 256 g/mol. The van der Waals surface area contributed by atoms with Crippen LogP contribution in [0.15, 0.2) is 11.8 Å². The molecule has 2 atom stereocenters. The minimum absolute atomic E-state index is 0.0720. The number of esters is 1. The van der Waals surface area contributed by atoms with Crippen LogP contribution in [-0.2, 0) is 9.53 Å². The van der Waals surface area contributed by atoms with Crippen molar-refractivity contribution in [3.63, 3.8) is 0 Å². The molecule has 0 saturated heterocycles. The van der Waals surface area contributed by atoms with Gasteiger partial charge in [0, 0.05) is 6.20 Å². The van der Waals surface area contributed by atoms with Crippen LogP contribution in [0.3, 0.4) is 0 Å². The Kier molecular flexibility index (Phi) is 5.27. The van der Waals surface area contributed by atoms with E-state index in [2.05, 4.69) is 17.9 Å². The molecule has 0 aromatic rings. The number of carbonyl (C=O) groups excluding carboxylic acids is 1. The van der Waals surface area contributed by atoms with Crippen molar-refractivity contribution in [2.24, 2.45) is 5.92 Å². The molecule has 1 N–H and O–H groups in total. The number of thiocarbonyl (C=S) groups is 1. The number of hydrogen-bond donors (Lipinski definition) is 2. The van der Waals surface area contributed by atoms with E-state index in [9.17, 15) is 4.79 Å². The van der Waals surface area contributed by atoms with Crippen LogP contribution >= 0.6 is 24.8 Å². The number of nitrogens with zero attached hydrogens (tertiary/aromatic N) is 1. The summed E-state index contributed by atoms with van der Waals surface area (Å²) in [7, 11) is 0. The van der Waals surface area contributed by atoms with Crippen LogP contribution in [0, 0.1) is 5.92 Å². The summed E-state index contributed by atoms with van der Waals surface area (Å²) < 4.78 is 5.20. The SMILES string of the molecule is CCC(C)C(=O)OCN1C=C(C)C(=S)NC1S. The van der Waals surface area contributed by atoms with Gasteiger partial charge in [0.2, 0.25) is 0 Å². The zero-order chi connectivity index (χ0) is 13.0. The summed E-state index contributed by atoms with van der Waals surface area (Å²) >= 11 is 9.42. The van der Waals surface area contributed by atoms with E-state index in [4.69, 9.17) is 17.0 Å². The van der Waals surface area contributed by atoms with Crippen LogP contribution in [0.5, 0.6) is 0 Å². The maximum absolute atomic E-state index is 11.5. The van der Waals surface area contributed by atoms with E-state index in [1.165, 1.54) is 0 Å². The molecule has 0 bridgehead atoms. The predicted molar refractivity (Wildman–Crippen MR) is 74.5 cm³/mol. The fraction of sp³-hybridized carbons (Fsp3) is 0.636. The Hall–Kier alpha value is -0.750. The Labute approximate surface area is 113 Å². The lowest BCUT2D eigenvalue weighted by atomic mass is 10.1. The van der Waals surface area contributed by atoms with E-state index in [1.54, 1.807) is 4.90 Å². The fourth-order valence-electron chi connectivity index (χ4n) is 1.25. The summed E-state index contributed by atoms with van der Waals surface area (Å²) in [5.74, 6) is -0.260. The highest BCUT2D eigenvalue weighted by Crippen LogP contribution is 2.13. The van der Waals surface area contributed by atoms with Crippen molar-refractivity contribution in [1.82, 2.24) is 10.2 Å². The summed E-state index contributed by atoms with van der Waals surface area (Å²) in [6.07, 6.45) is 2.63. The van der Waals surface area contributed by atoms with Gasteiger partial charge in [-0.25, -0.2) is 0 Å². The highest BCUT2D eigenvalue weighted by Gasteiger charge is 2.21. The second-order valence-corrected chi connectivity index (χ2v) is 4.97. The van der Waals surface area contributed by atoms with Crippen LogP contribution in [0.25, 0.3) is 0 Å². The Morgan fingerprint density at radius 1 is 1.76 bits per heavy atom. The lowest BCUT2D eigenvalue weighted by Crippen LogP contribution is -2.47. The second-order valence-electron chi connectivity index (χ2n) is 4.08. The molecule has 0 aliphatic carbocycles. The first-order valence-corrected chi connectivity index (χ1v) is 6.48. The molecule has 0 fully saturated rings. The number of thiol groups is 1. The number of hydrogen-bond acceptors (Lipinski definition) is 5. The Morgan fingerprint density at radius 3 is 3.00 bits per heavy atom. The van der Waals surface area contributed by atoms with Crippen LogP contribution < -0.4 is 5.32 Å². The van der Waals surface area contributed by atoms with Gasteiger partial charge in [-0.15, -0.1) is 12.6 Å². The predicted octanol–water partition coefficient (Wildman–Crippen LogP) is 1.88. The van der Waals surface area contributed by atoms with E-state index in [-0.39, 0.29) is 24.1 Å². The molecule has 0 amide bonds. The van der Waals surface area contributed by atoms with Crippen LogP contribution in [0.1, 0.15) is 27.2 Å². The van der Waals surface area contributed by atoms with Gasteiger partial charge in [-0.05, 0) is 18.9 Å². The van der Waals surface area contributed by atoms with Gasteiger partial charge >= 0.3 is 5.97 Å². The molecule has 96 valence electrons. The molecule has 4 nitrogen and oxygen atoms in total. The average molecular weight is 274 g/mol. The first-order chi connectivity index (χ1) is 7.95. The van der Waals surface area contributed by atoms with Crippen molar-refractivity contribution in [1.29, 1.82) is 0 Å². The molecule has 0 radical (unpaired) electrons. The molecule has 0 spiro atoms. The van der Waals surface area contributed by atoms with Crippen molar-refractivity contribution in [2.45, 2.75) is 32.7 Å². The number of rotatable bonds is 4. The Balaban J connectivity index is 2.52. The molecule has 1 heterocycles. The van der Waals surface area contributed by atoms with Gasteiger partial charge in [-0.3, -0.25) is 4.79 Å². The third-order valence-electron chi connectivity index (χ3n) is 2.66. The summed E-state index contributed by atoms with van der Waals surface area (Å²) in [4.78, 5) is 14.0. The van der Waals surface area contributed by atoms with Gasteiger partial charge in [0.25, 0.3) is 0 Å². The summed E-state index contributed by atoms with van der Waals surface area (Å²) in [5, 5.41) is 3.01. The standard InChI is InChI=1S/C11H18N2O2S2/c1-4-7(2)10(14)15-6-13-5-8(3)9(16)12-11(13)17/h5,7,11,17H,4,6H2,1-3H3,(H,12,16). The van der Waals surface area contributed by atoms with E-state index >= 15 is 0 Å². The minimum Gasteiger partial charge on any atom is -0.444 e. The molecule has 0 aromatic heterocycles. The zero-order valence-electron chi connectivity index (χ0n) is 10.3.